The fourth-order valence-electron chi connectivity index (χ4n) is 1.38. The number of ether oxygens (including phenoxy) is 1. The Kier molecular flexibility index (Phi) is 9.42. The van der Waals surface area contributed by atoms with Crippen LogP contribution in [0.25, 0.3) is 0 Å². The van der Waals surface area contributed by atoms with E-state index in [1.165, 1.54) is 19.3 Å². The quantitative estimate of drug-likeness (QED) is 0.579. The first kappa shape index (κ1) is 13.9. The van der Waals surface area contributed by atoms with Crippen LogP contribution in [-0.2, 0) is 4.74 Å². The van der Waals surface area contributed by atoms with Gasteiger partial charge in [-0.15, -0.1) is 0 Å². The molecule has 0 rings (SSSR count). The summed E-state index contributed by atoms with van der Waals surface area (Å²) in [6, 6.07) is 0.617. The molecule has 0 bridgehead atoms. The Morgan fingerprint density at radius 1 is 1.21 bits per heavy atom. The second-order valence-corrected chi connectivity index (χ2v) is 4.23. The van der Waals surface area contributed by atoms with Crippen molar-refractivity contribution in [3.63, 3.8) is 0 Å². The Morgan fingerprint density at radius 3 is 2.50 bits per heavy atom. The first-order valence-electron chi connectivity index (χ1n) is 6.01. The van der Waals surface area contributed by atoms with Gasteiger partial charge in [0.05, 0.1) is 6.61 Å². The zero-order valence-corrected chi connectivity index (χ0v) is 10.3. The van der Waals surface area contributed by atoms with Crippen LogP contribution in [0.1, 0.15) is 47.0 Å². The normalized spacial score (nSPS) is 15.4. The highest BCUT2D eigenvalue weighted by molar-refractivity contribution is 4.56. The topological polar surface area (TPSA) is 21.3 Å². The summed E-state index contributed by atoms with van der Waals surface area (Å²) in [6.07, 6.45) is 3.72. The summed E-state index contributed by atoms with van der Waals surface area (Å²) in [7, 11) is 0. The first-order chi connectivity index (χ1) is 6.70. The molecule has 2 unspecified atom stereocenters. The molecule has 1 N–H and O–H groups in total. The van der Waals surface area contributed by atoms with E-state index in [0.29, 0.717) is 12.0 Å². The summed E-state index contributed by atoms with van der Waals surface area (Å²) in [6.45, 7) is 11.6. The molecule has 0 fully saturated rings. The molecule has 86 valence electrons. The zero-order valence-electron chi connectivity index (χ0n) is 10.3. The van der Waals surface area contributed by atoms with Crippen molar-refractivity contribution in [2.24, 2.45) is 5.92 Å². The van der Waals surface area contributed by atoms with Gasteiger partial charge in [0.15, 0.2) is 0 Å². The Hall–Kier alpha value is -0.0800. The molecule has 0 amide bonds. The van der Waals surface area contributed by atoms with Crippen molar-refractivity contribution in [3.8, 4) is 0 Å². The third-order valence-corrected chi connectivity index (χ3v) is 2.54. The lowest BCUT2D eigenvalue weighted by Gasteiger charge is -2.13. The minimum absolute atomic E-state index is 0.617. The lowest BCUT2D eigenvalue weighted by molar-refractivity contribution is 0.102. The van der Waals surface area contributed by atoms with Gasteiger partial charge in [0.25, 0.3) is 0 Å². The summed E-state index contributed by atoms with van der Waals surface area (Å²) in [5, 5.41) is 3.41. The molecule has 0 aromatic heterocycles. The van der Waals surface area contributed by atoms with Crippen molar-refractivity contribution in [2.45, 2.75) is 53.0 Å². The predicted octanol–water partition coefficient (Wildman–Crippen LogP) is 2.83. The van der Waals surface area contributed by atoms with E-state index in [1.54, 1.807) is 0 Å². The van der Waals surface area contributed by atoms with Crippen LogP contribution in [0, 0.1) is 5.92 Å². The minimum atomic E-state index is 0.617. The van der Waals surface area contributed by atoms with Crippen LogP contribution in [0.5, 0.6) is 0 Å². The molecular weight excluding hydrogens is 174 g/mol. The molecule has 0 aromatic rings. The molecular formula is C12H27NO. The molecule has 0 aliphatic rings. The highest BCUT2D eigenvalue weighted by Gasteiger charge is 2.00. The van der Waals surface area contributed by atoms with Gasteiger partial charge in [0, 0.05) is 19.2 Å². The smallest absolute Gasteiger partial charge is 0.0591 e. The van der Waals surface area contributed by atoms with E-state index in [9.17, 15) is 0 Å². The monoisotopic (exact) mass is 201 g/mol. The molecule has 14 heavy (non-hydrogen) atoms. The van der Waals surface area contributed by atoms with Crippen LogP contribution >= 0.6 is 0 Å². The molecule has 0 saturated carbocycles. The molecule has 2 atom stereocenters. The third-order valence-electron chi connectivity index (χ3n) is 2.54. The van der Waals surface area contributed by atoms with Crippen LogP contribution in [0.2, 0.25) is 0 Å². The lowest BCUT2D eigenvalue weighted by atomic mass is 10.1. The molecule has 0 heterocycles. The van der Waals surface area contributed by atoms with Crippen LogP contribution in [0.3, 0.4) is 0 Å². The summed E-state index contributed by atoms with van der Waals surface area (Å²) in [4.78, 5) is 0. The second-order valence-electron chi connectivity index (χ2n) is 4.23. The van der Waals surface area contributed by atoms with E-state index in [-0.39, 0.29) is 0 Å². The molecule has 0 spiro atoms. The fourth-order valence-corrected chi connectivity index (χ4v) is 1.38. The van der Waals surface area contributed by atoms with Gasteiger partial charge in [-0.3, -0.25) is 0 Å². The largest absolute Gasteiger partial charge is 0.380 e. The summed E-state index contributed by atoms with van der Waals surface area (Å²) in [5.41, 5.74) is 0. The van der Waals surface area contributed by atoms with Crippen LogP contribution in [-0.4, -0.2) is 25.8 Å². The summed E-state index contributed by atoms with van der Waals surface area (Å²) < 4.78 is 5.58. The highest BCUT2D eigenvalue weighted by Crippen LogP contribution is 2.04. The predicted molar refractivity (Wildman–Crippen MR) is 62.6 cm³/mol. The van der Waals surface area contributed by atoms with E-state index in [0.717, 1.165) is 19.8 Å². The minimum Gasteiger partial charge on any atom is -0.380 e. The van der Waals surface area contributed by atoms with Gasteiger partial charge < -0.3 is 10.1 Å². The van der Waals surface area contributed by atoms with Gasteiger partial charge in [-0.25, -0.2) is 0 Å². The standard InChI is InChI=1S/C12H27NO/c1-5-7-11(3)10-14-9-8-13-12(4)6-2/h11-13H,5-10H2,1-4H3. The number of rotatable bonds is 9. The van der Waals surface area contributed by atoms with E-state index in [4.69, 9.17) is 4.74 Å². The SMILES string of the molecule is CCCC(C)COCCNC(C)CC. The van der Waals surface area contributed by atoms with Crippen molar-refractivity contribution in [3.05, 3.63) is 0 Å². The maximum atomic E-state index is 5.58. The average molecular weight is 201 g/mol. The molecule has 2 nitrogen and oxygen atoms in total. The number of hydrogen-bond donors (Lipinski definition) is 1. The van der Waals surface area contributed by atoms with Crippen LogP contribution < -0.4 is 5.32 Å². The molecule has 2 heteroatoms. The zero-order chi connectivity index (χ0) is 10.8. The van der Waals surface area contributed by atoms with Crippen molar-refractivity contribution in [1.82, 2.24) is 5.32 Å². The van der Waals surface area contributed by atoms with E-state index in [1.807, 2.05) is 0 Å². The second kappa shape index (κ2) is 9.47. The average Bonchev–Trinajstić information content (AvgIpc) is 2.17. The maximum absolute atomic E-state index is 5.58. The van der Waals surface area contributed by atoms with E-state index >= 15 is 0 Å². The van der Waals surface area contributed by atoms with Gasteiger partial charge in [0.2, 0.25) is 0 Å². The molecule has 0 radical (unpaired) electrons. The number of nitrogens with one attached hydrogen (secondary N) is 1. The van der Waals surface area contributed by atoms with Crippen molar-refractivity contribution in [1.29, 1.82) is 0 Å². The Morgan fingerprint density at radius 2 is 1.93 bits per heavy atom. The van der Waals surface area contributed by atoms with Gasteiger partial charge in [-0.05, 0) is 25.7 Å². The van der Waals surface area contributed by atoms with Gasteiger partial charge in [-0.2, -0.15) is 0 Å². The molecule has 0 saturated heterocycles. The Balaban J connectivity index is 3.13. The van der Waals surface area contributed by atoms with Crippen molar-refractivity contribution in [2.75, 3.05) is 19.8 Å². The third kappa shape index (κ3) is 8.52. The molecule has 0 aliphatic heterocycles. The fraction of sp³-hybridized carbons (Fsp3) is 1.00. The summed E-state index contributed by atoms with van der Waals surface area (Å²) >= 11 is 0. The lowest BCUT2D eigenvalue weighted by Crippen LogP contribution is -2.29. The van der Waals surface area contributed by atoms with Gasteiger partial charge in [-0.1, -0.05) is 27.2 Å². The van der Waals surface area contributed by atoms with Crippen LogP contribution in [0.4, 0.5) is 0 Å². The van der Waals surface area contributed by atoms with Gasteiger partial charge in [0.1, 0.15) is 0 Å². The molecule has 0 aromatic carbocycles. The van der Waals surface area contributed by atoms with Crippen molar-refractivity contribution >= 4 is 0 Å². The first-order valence-corrected chi connectivity index (χ1v) is 6.01. The van der Waals surface area contributed by atoms with E-state index in [2.05, 4.69) is 33.0 Å². The summed E-state index contributed by atoms with van der Waals surface area (Å²) in [5.74, 6) is 0.712. The van der Waals surface area contributed by atoms with E-state index < -0.39 is 0 Å². The number of hydrogen-bond acceptors (Lipinski definition) is 2. The maximum Gasteiger partial charge on any atom is 0.0591 e. The molecule has 0 aliphatic carbocycles. The van der Waals surface area contributed by atoms with Crippen molar-refractivity contribution < 1.29 is 4.74 Å². The Bertz CT molecular complexity index is 117. The Labute approximate surface area is 89.4 Å². The highest BCUT2D eigenvalue weighted by atomic mass is 16.5. The van der Waals surface area contributed by atoms with Crippen LogP contribution in [0.15, 0.2) is 0 Å². The van der Waals surface area contributed by atoms with Gasteiger partial charge >= 0.3 is 0 Å².